The molecule has 0 radical (unpaired) electrons. The first-order chi connectivity index (χ1) is 15.6. The number of aromatic nitrogens is 4. The second-order valence-electron chi connectivity index (χ2n) is 9.24. The van der Waals surface area contributed by atoms with E-state index in [4.69, 9.17) is 9.72 Å². The molecule has 3 aromatic heterocycles. The zero-order valence-electron chi connectivity index (χ0n) is 19.1. The number of fused-ring (bicyclic) bond motifs is 1. The SMILES string of the molecule is C[C@@H]1CN(c2cccc([C@H](C)Nc3ncnc4[nH]cc(C5CCOCC5)c34)n2)C[C@H](C)N1. The van der Waals surface area contributed by atoms with Gasteiger partial charge in [0.05, 0.1) is 17.1 Å². The van der Waals surface area contributed by atoms with Crippen molar-refractivity contribution in [3.8, 4) is 0 Å². The van der Waals surface area contributed by atoms with Crippen LogP contribution in [0.1, 0.15) is 56.8 Å². The molecule has 8 nitrogen and oxygen atoms in total. The van der Waals surface area contributed by atoms with Crippen LogP contribution in [0.2, 0.25) is 0 Å². The summed E-state index contributed by atoms with van der Waals surface area (Å²) in [5.41, 5.74) is 3.17. The highest BCUT2D eigenvalue weighted by Gasteiger charge is 2.24. The van der Waals surface area contributed by atoms with Crippen LogP contribution in [0, 0.1) is 0 Å². The Hall–Kier alpha value is -2.71. The van der Waals surface area contributed by atoms with Crippen molar-refractivity contribution in [2.45, 2.75) is 57.7 Å². The number of nitrogens with zero attached hydrogens (tertiary/aromatic N) is 4. The largest absolute Gasteiger partial charge is 0.381 e. The van der Waals surface area contributed by atoms with Gasteiger partial charge < -0.3 is 25.3 Å². The number of hydrogen-bond acceptors (Lipinski definition) is 7. The monoisotopic (exact) mass is 435 g/mol. The van der Waals surface area contributed by atoms with Crippen molar-refractivity contribution in [3.63, 3.8) is 0 Å². The summed E-state index contributed by atoms with van der Waals surface area (Å²) < 4.78 is 5.56. The van der Waals surface area contributed by atoms with Gasteiger partial charge in [-0.2, -0.15) is 0 Å². The van der Waals surface area contributed by atoms with Gasteiger partial charge in [-0.3, -0.25) is 0 Å². The van der Waals surface area contributed by atoms with Crippen molar-refractivity contribution in [1.82, 2.24) is 25.3 Å². The number of pyridine rings is 1. The fourth-order valence-electron chi connectivity index (χ4n) is 5.08. The van der Waals surface area contributed by atoms with Crippen LogP contribution < -0.4 is 15.5 Å². The molecule has 2 saturated heterocycles. The van der Waals surface area contributed by atoms with Gasteiger partial charge in [0.25, 0.3) is 0 Å². The Kier molecular flexibility index (Phi) is 5.97. The van der Waals surface area contributed by atoms with Crippen LogP contribution in [0.5, 0.6) is 0 Å². The zero-order valence-corrected chi connectivity index (χ0v) is 19.1. The third kappa shape index (κ3) is 4.29. The van der Waals surface area contributed by atoms with Crippen LogP contribution in [0.3, 0.4) is 0 Å². The highest BCUT2D eigenvalue weighted by molar-refractivity contribution is 5.91. The van der Waals surface area contributed by atoms with E-state index in [1.165, 1.54) is 5.56 Å². The predicted octanol–water partition coefficient (Wildman–Crippen LogP) is 3.61. The van der Waals surface area contributed by atoms with E-state index in [0.29, 0.717) is 18.0 Å². The average molecular weight is 436 g/mol. The van der Waals surface area contributed by atoms with E-state index in [1.54, 1.807) is 6.33 Å². The normalized spacial score (nSPS) is 23.4. The fourth-order valence-corrected chi connectivity index (χ4v) is 5.08. The number of hydrogen-bond donors (Lipinski definition) is 3. The van der Waals surface area contributed by atoms with Gasteiger partial charge >= 0.3 is 0 Å². The lowest BCUT2D eigenvalue weighted by Gasteiger charge is -2.37. The van der Waals surface area contributed by atoms with E-state index < -0.39 is 0 Å². The zero-order chi connectivity index (χ0) is 22.1. The molecular weight excluding hydrogens is 402 g/mol. The number of ether oxygens (including phenoxy) is 1. The van der Waals surface area contributed by atoms with Crippen LogP contribution in [0.4, 0.5) is 11.6 Å². The topological polar surface area (TPSA) is 91.0 Å². The van der Waals surface area contributed by atoms with Gasteiger partial charge in [-0.15, -0.1) is 0 Å². The van der Waals surface area contributed by atoms with E-state index in [-0.39, 0.29) is 6.04 Å². The summed E-state index contributed by atoms with van der Waals surface area (Å²) in [4.78, 5) is 19.8. The highest BCUT2D eigenvalue weighted by atomic mass is 16.5. The molecule has 32 heavy (non-hydrogen) atoms. The van der Waals surface area contributed by atoms with Crippen LogP contribution in [-0.4, -0.2) is 58.3 Å². The van der Waals surface area contributed by atoms with Gasteiger partial charge in [0.1, 0.15) is 23.6 Å². The Bertz CT molecular complexity index is 1050. The van der Waals surface area contributed by atoms with Crippen molar-refractivity contribution in [2.24, 2.45) is 0 Å². The summed E-state index contributed by atoms with van der Waals surface area (Å²) in [7, 11) is 0. The average Bonchev–Trinajstić information content (AvgIpc) is 3.24. The summed E-state index contributed by atoms with van der Waals surface area (Å²) in [6.07, 6.45) is 5.77. The van der Waals surface area contributed by atoms with Gasteiger partial charge in [0, 0.05) is 44.6 Å². The molecule has 3 aromatic rings. The van der Waals surface area contributed by atoms with E-state index in [9.17, 15) is 0 Å². The van der Waals surface area contributed by atoms with Crippen LogP contribution in [0.25, 0.3) is 11.0 Å². The lowest BCUT2D eigenvalue weighted by molar-refractivity contribution is 0.0856. The summed E-state index contributed by atoms with van der Waals surface area (Å²) in [6.45, 7) is 10.1. The van der Waals surface area contributed by atoms with Gasteiger partial charge in [0.2, 0.25) is 0 Å². The summed E-state index contributed by atoms with van der Waals surface area (Å²) in [5, 5.41) is 8.30. The molecule has 2 fully saturated rings. The minimum Gasteiger partial charge on any atom is -0.381 e. The molecule has 0 unspecified atom stereocenters. The Morgan fingerprint density at radius 1 is 1.12 bits per heavy atom. The minimum atomic E-state index is 0.0169. The van der Waals surface area contributed by atoms with E-state index in [2.05, 4.69) is 75.7 Å². The first kappa shape index (κ1) is 21.2. The highest BCUT2D eigenvalue weighted by Crippen LogP contribution is 2.35. The smallest absolute Gasteiger partial charge is 0.143 e. The molecule has 170 valence electrons. The van der Waals surface area contributed by atoms with Gasteiger partial charge in [-0.05, 0) is 57.2 Å². The van der Waals surface area contributed by atoms with Crippen molar-refractivity contribution in [2.75, 3.05) is 36.5 Å². The van der Waals surface area contributed by atoms with Crippen LogP contribution in [0.15, 0.2) is 30.7 Å². The molecule has 0 aliphatic carbocycles. The van der Waals surface area contributed by atoms with E-state index >= 15 is 0 Å². The maximum Gasteiger partial charge on any atom is 0.143 e. The number of rotatable bonds is 5. The molecule has 0 spiro atoms. The second kappa shape index (κ2) is 9.03. The third-order valence-electron chi connectivity index (χ3n) is 6.60. The summed E-state index contributed by atoms with van der Waals surface area (Å²) in [5.74, 6) is 2.37. The molecule has 2 aliphatic rings. The number of anilines is 2. The molecular formula is C24H33N7O. The lowest BCUT2D eigenvalue weighted by atomic mass is 9.92. The van der Waals surface area contributed by atoms with Crippen molar-refractivity contribution < 1.29 is 4.74 Å². The standard InChI is InChI=1S/C24H33N7O/c1-15-12-31(13-16(2)28-15)21-6-4-5-20(30-21)17(3)29-24-22-19(18-7-9-32-10-8-18)11-25-23(22)26-14-27-24/h4-6,11,14-18,28H,7-10,12-13H2,1-3H3,(H2,25,26,27,29)/t15-,16+,17-/m0/s1. The number of aromatic amines is 1. The Morgan fingerprint density at radius 2 is 1.91 bits per heavy atom. The Balaban J connectivity index is 1.39. The van der Waals surface area contributed by atoms with Gasteiger partial charge in [0.15, 0.2) is 0 Å². The fraction of sp³-hybridized carbons (Fsp3) is 0.542. The van der Waals surface area contributed by atoms with Gasteiger partial charge in [-0.25, -0.2) is 15.0 Å². The predicted molar refractivity (Wildman–Crippen MR) is 127 cm³/mol. The lowest BCUT2D eigenvalue weighted by Crippen LogP contribution is -2.54. The van der Waals surface area contributed by atoms with Crippen molar-refractivity contribution >= 4 is 22.7 Å². The van der Waals surface area contributed by atoms with Gasteiger partial charge in [-0.1, -0.05) is 6.07 Å². The van der Waals surface area contributed by atoms with E-state index in [1.807, 2.05) is 0 Å². The molecule has 0 amide bonds. The number of H-pyrrole nitrogens is 1. The molecule has 5 heterocycles. The summed E-state index contributed by atoms with van der Waals surface area (Å²) in [6, 6.07) is 7.22. The second-order valence-corrected chi connectivity index (χ2v) is 9.24. The molecule has 2 aliphatic heterocycles. The van der Waals surface area contributed by atoms with E-state index in [0.717, 1.165) is 67.5 Å². The third-order valence-corrected chi connectivity index (χ3v) is 6.60. The molecule has 0 bridgehead atoms. The molecule has 0 saturated carbocycles. The van der Waals surface area contributed by atoms with Crippen LogP contribution in [-0.2, 0) is 4.74 Å². The van der Waals surface area contributed by atoms with Crippen molar-refractivity contribution in [3.05, 3.63) is 42.0 Å². The number of nitrogens with one attached hydrogen (secondary N) is 3. The molecule has 0 aromatic carbocycles. The first-order valence-corrected chi connectivity index (χ1v) is 11.7. The molecule has 5 rings (SSSR count). The van der Waals surface area contributed by atoms with Crippen LogP contribution >= 0.6 is 0 Å². The first-order valence-electron chi connectivity index (χ1n) is 11.7. The molecule has 8 heteroatoms. The molecule has 3 atom stereocenters. The molecule has 3 N–H and O–H groups in total. The maximum absolute atomic E-state index is 5.56. The summed E-state index contributed by atoms with van der Waals surface area (Å²) >= 11 is 0. The Labute approximate surface area is 189 Å². The number of piperazine rings is 1. The maximum atomic E-state index is 5.56. The Morgan fingerprint density at radius 3 is 2.69 bits per heavy atom. The quantitative estimate of drug-likeness (QED) is 0.564. The minimum absolute atomic E-state index is 0.0169. The van der Waals surface area contributed by atoms with Crippen molar-refractivity contribution in [1.29, 1.82) is 0 Å².